The van der Waals surface area contributed by atoms with Crippen LogP contribution in [0.1, 0.15) is 92.9 Å². The maximum Gasteiger partial charge on any atom is 0.274 e. The fourth-order valence-electron chi connectivity index (χ4n) is 3.41. The molecular weight excluding hydrogens is 364 g/mol. The van der Waals surface area contributed by atoms with Crippen molar-refractivity contribution in [1.29, 1.82) is 0 Å². The molecule has 6 nitrogen and oxygen atoms in total. The molecule has 0 fully saturated rings. The van der Waals surface area contributed by atoms with Gasteiger partial charge in [-0.15, -0.1) is 5.11 Å². The summed E-state index contributed by atoms with van der Waals surface area (Å²) in [6.07, 6.45) is 7.92. The minimum Gasteiger partial charge on any atom is -0.339 e. The van der Waals surface area contributed by atoms with Gasteiger partial charge in [0.15, 0.2) is 5.70 Å². The Balaban J connectivity index is 3.22. The summed E-state index contributed by atoms with van der Waals surface area (Å²) >= 11 is 0. The van der Waals surface area contributed by atoms with E-state index < -0.39 is 5.54 Å². The van der Waals surface area contributed by atoms with Crippen LogP contribution in [0.2, 0.25) is 0 Å². The molecule has 0 aromatic rings. The minimum absolute atomic E-state index is 0.0730. The van der Waals surface area contributed by atoms with Crippen LogP contribution in [0.15, 0.2) is 21.5 Å². The van der Waals surface area contributed by atoms with E-state index in [2.05, 4.69) is 37.9 Å². The van der Waals surface area contributed by atoms with E-state index >= 15 is 0 Å². The molecule has 6 heteroatoms. The van der Waals surface area contributed by atoms with E-state index in [0.29, 0.717) is 31.8 Å². The van der Waals surface area contributed by atoms with E-state index in [1.807, 2.05) is 23.6 Å². The fraction of sp³-hybridized carbons (Fsp3) is 0.826. The Hall–Kier alpha value is -1.72. The van der Waals surface area contributed by atoms with Crippen molar-refractivity contribution < 1.29 is 9.59 Å². The summed E-state index contributed by atoms with van der Waals surface area (Å²) in [6.45, 7) is 15.1. The third-order valence-corrected chi connectivity index (χ3v) is 5.37. The molecule has 1 heterocycles. The van der Waals surface area contributed by atoms with Crippen molar-refractivity contribution in [2.45, 2.75) is 98.4 Å². The van der Waals surface area contributed by atoms with Crippen LogP contribution < -0.4 is 0 Å². The lowest BCUT2D eigenvalue weighted by atomic mass is 9.92. The lowest BCUT2D eigenvalue weighted by molar-refractivity contribution is -0.130. The number of unbranched alkanes of at least 4 members (excludes halogenated alkanes) is 4. The van der Waals surface area contributed by atoms with Crippen LogP contribution in [-0.4, -0.2) is 53.3 Å². The first-order valence-electron chi connectivity index (χ1n) is 11.6. The predicted molar refractivity (Wildman–Crippen MR) is 119 cm³/mol. The van der Waals surface area contributed by atoms with E-state index in [0.717, 1.165) is 51.4 Å². The monoisotopic (exact) mass is 406 g/mol. The van der Waals surface area contributed by atoms with Crippen LogP contribution in [0, 0.1) is 0 Å². The van der Waals surface area contributed by atoms with Crippen molar-refractivity contribution in [3.05, 3.63) is 11.3 Å². The summed E-state index contributed by atoms with van der Waals surface area (Å²) in [5, 5.41) is 8.55. The molecule has 1 rings (SSSR count). The Morgan fingerprint density at radius 3 is 1.48 bits per heavy atom. The van der Waals surface area contributed by atoms with E-state index in [1.54, 1.807) is 0 Å². The Kier molecular flexibility index (Phi) is 11.1. The molecule has 0 aliphatic carbocycles. The number of hydrogen-bond donors (Lipinski definition) is 0. The van der Waals surface area contributed by atoms with Crippen molar-refractivity contribution in [1.82, 2.24) is 9.80 Å². The average molecular weight is 407 g/mol. The maximum absolute atomic E-state index is 13.5. The van der Waals surface area contributed by atoms with E-state index in [4.69, 9.17) is 0 Å². The van der Waals surface area contributed by atoms with Gasteiger partial charge < -0.3 is 9.80 Å². The molecule has 0 atom stereocenters. The Morgan fingerprint density at radius 1 is 0.724 bits per heavy atom. The molecule has 29 heavy (non-hydrogen) atoms. The van der Waals surface area contributed by atoms with Crippen LogP contribution in [0.3, 0.4) is 0 Å². The molecule has 0 unspecified atom stereocenters. The van der Waals surface area contributed by atoms with Gasteiger partial charge in [-0.2, -0.15) is 5.11 Å². The number of rotatable bonds is 14. The first kappa shape index (κ1) is 25.3. The summed E-state index contributed by atoms with van der Waals surface area (Å²) in [4.78, 5) is 30.6. The zero-order valence-electron chi connectivity index (χ0n) is 19.6. The topological polar surface area (TPSA) is 65.3 Å². The van der Waals surface area contributed by atoms with Gasteiger partial charge in [0, 0.05) is 26.2 Å². The summed E-state index contributed by atoms with van der Waals surface area (Å²) in [5.74, 6) is -0.216. The highest BCUT2D eigenvalue weighted by Gasteiger charge is 2.41. The van der Waals surface area contributed by atoms with Gasteiger partial charge in [-0.3, -0.25) is 9.59 Å². The first-order chi connectivity index (χ1) is 13.8. The lowest BCUT2D eigenvalue weighted by Gasteiger charge is -2.28. The molecular formula is C23H42N4O2. The second-order valence-electron chi connectivity index (χ2n) is 8.48. The largest absolute Gasteiger partial charge is 0.339 e. The number of hydrogen-bond acceptors (Lipinski definition) is 4. The Labute approximate surface area is 177 Å². The van der Waals surface area contributed by atoms with Crippen LogP contribution in [0.4, 0.5) is 0 Å². The molecule has 0 aromatic carbocycles. The average Bonchev–Trinajstić information content (AvgIpc) is 3.02. The standard InChI is InChI=1S/C23H42N4O2/c1-7-11-15-26(16-12-8-2)21(28)19-20(24-25-23(19,5)6)22(29)27(17-13-9-3)18-14-10-4/h7-18H2,1-6H3. The van der Waals surface area contributed by atoms with Gasteiger partial charge in [-0.05, 0) is 39.5 Å². The van der Waals surface area contributed by atoms with Gasteiger partial charge >= 0.3 is 0 Å². The van der Waals surface area contributed by atoms with E-state index in [1.165, 1.54) is 0 Å². The Bertz CT molecular complexity index is 580. The molecule has 0 aromatic heterocycles. The number of carbonyl (C=O) groups is 2. The second kappa shape index (κ2) is 12.8. The van der Waals surface area contributed by atoms with Crippen LogP contribution in [-0.2, 0) is 9.59 Å². The zero-order chi connectivity index (χ0) is 21.9. The third kappa shape index (κ3) is 7.23. The highest BCUT2D eigenvalue weighted by atomic mass is 16.2. The number of nitrogens with zero attached hydrogens (tertiary/aromatic N) is 4. The molecule has 1 aliphatic rings. The van der Waals surface area contributed by atoms with Crippen LogP contribution in [0.5, 0.6) is 0 Å². The van der Waals surface area contributed by atoms with Crippen molar-refractivity contribution in [3.63, 3.8) is 0 Å². The van der Waals surface area contributed by atoms with E-state index in [-0.39, 0.29) is 17.5 Å². The van der Waals surface area contributed by atoms with Crippen molar-refractivity contribution >= 4 is 11.8 Å². The van der Waals surface area contributed by atoms with Gasteiger partial charge in [0.1, 0.15) is 5.54 Å². The quantitative estimate of drug-likeness (QED) is 0.391. The SMILES string of the molecule is CCCCN(CCCC)C(=O)C1=C(C(=O)N(CCCC)CCCC)C(C)(C)N=N1. The third-order valence-electron chi connectivity index (χ3n) is 5.37. The number of carbonyl (C=O) groups excluding carboxylic acids is 2. The lowest BCUT2D eigenvalue weighted by Crippen LogP contribution is -2.41. The normalized spacial score (nSPS) is 15.1. The van der Waals surface area contributed by atoms with Gasteiger partial charge in [0.05, 0.1) is 5.57 Å². The summed E-state index contributed by atoms with van der Waals surface area (Å²) in [5.41, 5.74) is -0.0437. The predicted octanol–water partition coefficient (Wildman–Crippen LogP) is 5.34. The highest BCUT2D eigenvalue weighted by Crippen LogP contribution is 2.34. The second-order valence-corrected chi connectivity index (χ2v) is 8.48. The summed E-state index contributed by atoms with van der Waals surface area (Å²) in [6, 6.07) is 0. The zero-order valence-corrected chi connectivity index (χ0v) is 19.6. The van der Waals surface area contributed by atoms with Gasteiger partial charge in [0.25, 0.3) is 11.8 Å². The summed E-state index contributed by atoms with van der Waals surface area (Å²) in [7, 11) is 0. The molecule has 0 saturated heterocycles. The molecule has 0 N–H and O–H groups in total. The van der Waals surface area contributed by atoms with Gasteiger partial charge in [-0.25, -0.2) is 0 Å². The van der Waals surface area contributed by atoms with Crippen LogP contribution >= 0.6 is 0 Å². The minimum atomic E-state index is -0.764. The Morgan fingerprint density at radius 2 is 1.10 bits per heavy atom. The number of azo groups is 1. The molecule has 166 valence electrons. The fourth-order valence-corrected chi connectivity index (χ4v) is 3.41. The molecule has 0 radical (unpaired) electrons. The van der Waals surface area contributed by atoms with Crippen molar-refractivity contribution in [2.24, 2.45) is 10.2 Å². The van der Waals surface area contributed by atoms with Crippen molar-refractivity contribution in [2.75, 3.05) is 26.2 Å². The van der Waals surface area contributed by atoms with Crippen molar-refractivity contribution in [3.8, 4) is 0 Å². The molecule has 0 spiro atoms. The first-order valence-corrected chi connectivity index (χ1v) is 11.6. The smallest absolute Gasteiger partial charge is 0.274 e. The van der Waals surface area contributed by atoms with Crippen LogP contribution in [0.25, 0.3) is 0 Å². The molecule has 2 amide bonds. The van der Waals surface area contributed by atoms with E-state index in [9.17, 15) is 9.59 Å². The van der Waals surface area contributed by atoms with Gasteiger partial charge in [0.2, 0.25) is 0 Å². The molecule has 0 bridgehead atoms. The molecule has 0 saturated carbocycles. The molecule has 1 aliphatic heterocycles. The number of amides is 2. The summed E-state index contributed by atoms with van der Waals surface area (Å²) < 4.78 is 0. The maximum atomic E-state index is 13.5. The highest BCUT2D eigenvalue weighted by molar-refractivity contribution is 6.06. The van der Waals surface area contributed by atoms with Gasteiger partial charge in [-0.1, -0.05) is 53.4 Å².